The molecule has 2 saturated carbocycles. The van der Waals surface area contributed by atoms with Crippen molar-refractivity contribution in [1.82, 2.24) is 0 Å². The standard InChI is InChI=1S/C18H30O6/c1-13(2)12-21-17(19)22-15-8-10-16(11-9-15)24-18(20)23-14-6-4-3-5-7-14/h13-16H,3-12H2,1-2H3. The molecule has 0 aromatic heterocycles. The summed E-state index contributed by atoms with van der Waals surface area (Å²) in [6, 6.07) is 0. The van der Waals surface area contributed by atoms with Gasteiger partial charge in [0.25, 0.3) is 0 Å². The summed E-state index contributed by atoms with van der Waals surface area (Å²) in [5, 5.41) is 0. The smallest absolute Gasteiger partial charge is 0.434 e. The minimum atomic E-state index is -0.607. The van der Waals surface area contributed by atoms with Crippen molar-refractivity contribution in [3.05, 3.63) is 0 Å². The summed E-state index contributed by atoms with van der Waals surface area (Å²) in [6.45, 7) is 4.31. The van der Waals surface area contributed by atoms with Gasteiger partial charge in [0, 0.05) is 0 Å². The highest BCUT2D eigenvalue weighted by atomic mass is 16.7. The van der Waals surface area contributed by atoms with E-state index in [-0.39, 0.29) is 24.2 Å². The van der Waals surface area contributed by atoms with E-state index in [1.165, 1.54) is 6.42 Å². The van der Waals surface area contributed by atoms with E-state index in [0.29, 0.717) is 32.3 Å². The van der Waals surface area contributed by atoms with Crippen molar-refractivity contribution in [3.8, 4) is 0 Å². The fourth-order valence-electron chi connectivity index (χ4n) is 3.16. The van der Waals surface area contributed by atoms with Crippen LogP contribution in [0.25, 0.3) is 0 Å². The van der Waals surface area contributed by atoms with Crippen LogP contribution in [-0.4, -0.2) is 37.2 Å². The first kappa shape index (κ1) is 18.9. The van der Waals surface area contributed by atoms with Crippen LogP contribution in [0, 0.1) is 5.92 Å². The van der Waals surface area contributed by atoms with E-state index in [2.05, 4.69) is 0 Å². The summed E-state index contributed by atoms with van der Waals surface area (Å²) < 4.78 is 21.1. The molecular weight excluding hydrogens is 312 g/mol. The summed E-state index contributed by atoms with van der Waals surface area (Å²) in [7, 11) is 0. The average molecular weight is 342 g/mol. The fourth-order valence-corrected chi connectivity index (χ4v) is 3.16. The average Bonchev–Trinajstić information content (AvgIpc) is 2.55. The zero-order valence-corrected chi connectivity index (χ0v) is 14.8. The Morgan fingerprint density at radius 2 is 1.21 bits per heavy atom. The molecule has 2 fully saturated rings. The Balaban J connectivity index is 1.60. The third-order valence-corrected chi connectivity index (χ3v) is 4.50. The van der Waals surface area contributed by atoms with Crippen LogP contribution in [0.5, 0.6) is 0 Å². The quantitative estimate of drug-likeness (QED) is 0.680. The molecule has 6 heteroatoms. The first-order valence-electron chi connectivity index (χ1n) is 9.23. The highest BCUT2D eigenvalue weighted by molar-refractivity contribution is 5.60. The van der Waals surface area contributed by atoms with Gasteiger partial charge in [-0.1, -0.05) is 20.3 Å². The molecule has 0 radical (unpaired) electrons. The molecule has 0 unspecified atom stereocenters. The summed E-state index contributed by atoms with van der Waals surface area (Å²) in [4.78, 5) is 23.4. The Hall–Kier alpha value is -1.46. The molecule has 24 heavy (non-hydrogen) atoms. The maximum absolute atomic E-state index is 11.8. The second-order valence-electron chi connectivity index (χ2n) is 7.22. The second kappa shape index (κ2) is 9.74. The highest BCUT2D eigenvalue weighted by Gasteiger charge is 2.28. The molecule has 2 aliphatic carbocycles. The van der Waals surface area contributed by atoms with Crippen molar-refractivity contribution in [3.63, 3.8) is 0 Å². The first-order valence-corrected chi connectivity index (χ1v) is 9.23. The van der Waals surface area contributed by atoms with Crippen LogP contribution >= 0.6 is 0 Å². The normalized spacial score (nSPS) is 25.1. The summed E-state index contributed by atoms with van der Waals surface area (Å²) >= 11 is 0. The largest absolute Gasteiger partial charge is 0.508 e. The minimum absolute atomic E-state index is 0.0154. The van der Waals surface area contributed by atoms with Gasteiger partial charge in [-0.05, 0) is 57.3 Å². The van der Waals surface area contributed by atoms with Crippen molar-refractivity contribution >= 4 is 12.3 Å². The molecule has 0 aliphatic heterocycles. The van der Waals surface area contributed by atoms with E-state index < -0.39 is 12.3 Å². The Bertz CT molecular complexity index is 394. The molecule has 0 aromatic rings. The lowest BCUT2D eigenvalue weighted by Gasteiger charge is -2.28. The van der Waals surface area contributed by atoms with E-state index in [1.807, 2.05) is 13.8 Å². The van der Waals surface area contributed by atoms with Crippen LogP contribution in [0.1, 0.15) is 71.6 Å². The molecule has 0 saturated heterocycles. The molecule has 0 aromatic carbocycles. The molecule has 0 N–H and O–H groups in total. The number of hydrogen-bond acceptors (Lipinski definition) is 6. The van der Waals surface area contributed by atoms with Gasteiger partial charge in [-0.25, -0.2) is 9.59 Å². The third kappa shape index (κ3) is 6.97. The van der Waals surface area contributed by atoms with Gasteiger partial charge in [0.2, 0.25) is 0 Å². The number of hydrogen-bond donors (Lipinski definition) is 0. The van der Waals surface area contributed by atoms with Gasteiger partial charge in [-0.15, -0.1) is 0 Å². The van der Waals surface area contributed by atoms with E-state index in [9.17, 15) is 9.59 Å². The summed E-state index contributed by atoms with van der Waals surface area (Å²) in [6.07, 6.45) is 6.61. The predicted octanol–water partition coefficient (Wildman–Crippen LogP) is 4.59. The van der Waals surface area contributed by atoms with Crippen LogP contribution in [0.3, 0.4) is 0 Å². The molecule has 2 aliphatic rings. The summed E-state index contributed by atoms with van der Waals surface area (Å²) in [5.74, 6) is 0.289. The van der Waals surface area contributed by atoms with Gasteiger partial charge in [-0.3, -0.25) is 0 Å². The molecule has 2 rings (SSSR count). The molecular formula is C18H30O6. The van der Waals surface area contributed by atoms with Crippen molar-refractivity contribution in [1.29, 1.82) is 0 Å². The van der Waals surface area contributed by atoms with Crippen molar-refractivity contribution in [2.45, 2.75) is 89.9 Å². The SMILES string of the molecule is CC(C)COC(=O)OC1CCC(OC(=O)OC2CCCCC2)CC1. The number of carbonyl (C=O) groups is 2. The Morgan fingerprint density at radius 3 is 1.71 bits per heavy atom. The molecule has 0 atom stereocenters. The molecule has 0 bridgehead atoms. The topological polar surface area (TPSA) is 71.1 Å². The molecule has 0 heterocycles. The van der Waals surface area contributed by atoms with Gasteiger partial charge < -0.3 is 18.9 Å². The number of carbonyl (C=O) groups excluding carboxylic acids is 2. The minimum Gasteiger partial charge on any atom is -0.434 e. The Morgan fingerprint density at radius 1 is 0.750 bits per heavy atom. The maximum atomic E-state index is 11.8. The van der Waals surface area contributed by atoms with Crippen LogP contribution < -0.4 is 0 Å². The fraction of sp³-hybridized carbons (Fsp3) is 0.889. The number of rotatable bonds is 5. The highest BCUT2D eigenvalue weighted by Crippen LogP contribution is 2.25. The van der Waals surface area contributed by atoms with Crippen LogP contribution in [0.4, 0.5) is 9.59 Å². The lowest BCUT2D eigenvalue weighted by Crippen LogP contribution is -2.31. The van der Waals surface area contributed by atoms with Crippen LogP contribution in [0.2, 0.25) is 0 Å². The van der Waals surface area contributed by atoms with Gasteiger partial charge in [-0.2, -0.15) is 0 Å². The van der Waals surface area contributed by atoms with Crippen LogP contribution in [-0.2, 0) is 18.9 Å². The third-order valence-electron chi connectivity index (χ3n) is 4.50. The predicted molar refractivity (Wildman–Crippen MR) is 87.8 cm³/mol. The summed E-state index contributed by atoms with van der Waals surface area (Å²) in [5.41, 5.74) is 0. The van der Waals surface area contributed by atoms with E-state index in [0.717, 1.165) is 25.7 Å². The van der Waals surface area contributed by atoms with E-state index >= 15 is 0 Å². The van der Waals surface area contributed by atoms with E-state index in [4.69, 9.17) is 18.9 Å². The molecule has 138 valence electrons. The first-order chi connectivity index (χ1) is 11.5. The number of ether oxygens (including phenoxy) is 4. The van der Waals surface area contributed by atoms with Crippen molar-refractivity contribution < 1.29 is 28.5 Å². The zero-order valence-electron chi connectivity index (χ0n) is 14.8. The zero-order chi connectivity index (χ0) is 17.4. The van der Waals surface area contributed by atoms with Gasteiger partial charge in [0.1, 0.15) is 18.3 Å². The second-order valence-corrected chi connectivity index (χ2v) is 7.22. The van der Waals surface area contributed by atoms with Gasteiger partial charge >= 0.3 is 12.3 Å². The maximum Gasteiger partial charge on any atom is 0.508 e. The van der Waals surface area contributed by atoms with Crippen molar-refractivity contribution in [2.24, 2.45) is 5.92 Å². The van der Waals surface area contributed by atoms with Gasteiger partial charge in [0.05, 0.1) is 6.61 Å². The van der Waals surface area contributed by atoms with E-state index in [1.54, 1.807) is 0 Å². The molecule has 6 nitrogen and oxygen atoms in total. The Kier molecular flexibility index (Phi) is 7.66. The Labute approximate surface area is 144 Å². The molecule has 0 spiro atoms. The van der Waals surface area contributed by atoms with Crippen molar-refractivity contribution in [2.75, 3.05) is 6.61 Å². The lowest BCUT2D eigenvalue weighted by molar-refractivity contribution is -0.0409. The lowest BCUT2D eigenvalue weighted by atomic mass is 9.95. The monoisotopic (exact) mass is 342 g/mol. The van der Waals surface area contributed by atoms with Gasteiger partial charge in [0.15, 0.2) is 0 Å². The molecule has 0 amide bonds. The van der Waals surface area contributed by atoms with Crippen LogP contribution in [0.15, 0.2) is 0 Å².